The minimum atomic E-state index is -0.734. The fraction of sp³-hybridized carbons (Fsp3) is 0.842. The molecule has 1 atom stereocenters. The zero-order valence-corrected chi connectivity index (χ0v) is 14.4. The third-order valence-corrected chi connectivity index (χ3v) is 4.08. The molecule has 0 radical (unpaired) electrons. The van der Waals surface area contributed by atoms with Crippen LogP contribution in [0.2, 0.25) is 0 Å². The first-order valence-corrected chi connectivity index (χ1v) is 9.20. The topological polar surface area (TPSA) is 57.5 Å². The van der Waals surface area contributed by atoms with E-state index in [1.165, 1.54) is 57.8 Å². The summed E-state index contributed by atoms with van der Waals surface area (Å²) in [6, 6.07) is 0. The second-order valence-electron chi connectivity index (χ2n) is 6.27. The van der Waals surface area contributed by atoms with Gasteiger partial charge in [0.15, 0.2) is 0 Å². The molecule has 0 saturated carbocycles. The highest BCUT2D eigenvalue weighted by Crippen LogP contribution is 2.14. The van der Waals surface area contributed by atoms with Gasteiger partial charge in [-0.1, -0.05) is 76.9 Å². The third kappa shape index (κ3) is 15.6. The van der Waals surface area contributed by atoms with E-state index < -0.39 is 5.97 Å². The maximum absolute atomic E-state index is 10.4. The van der Waals surface area contributed by atoms with Gasteiger partial charge in [0.2, 0.25) is 0 Å². The molecule has 0 aliphatic heterocycles. The van der Waals surface area contributed by atoms with Crippen LogP contribution in [0.3, 0.4) is 0 Å². The van der Waals surface area contributed by atoms with Crippen molar-refractivity contribution in [2.75, 3.05) is 6.61 Å². The average molecular weight is 312 g/mol. The summed E-state index contributed by atoms with van der Waals surface area (Å²) >= 11 is 0. The number of carboxylic acids is 1. The molecule has 0 heterocycles. The van der Waals surface area contributed by atoms with Crippen LogP contribution >= 0.6 is 0 Å². The SMILES string of the molecule is CCCCCCCCCCCC(/C=C/CCCC(=O)O)CO. The second-order valence-corrected chi connectivity index (χ2v) is 6.27. The summed E-state index contributed by atoms with van der Waals surface area (Å²) in [7, 11) is 0. The minimum Gasteiger partial charge on any atom is -0.481 e. The normalized spacial score (nSPS) is 12.8. The van der Waals surface area contributed by atoms with Gasteiger partial charge in [0.1, 0.15) is 0 Å². The fourth-order valence-electron chi connectivity index (χ4n) is 2.63. The molecule has 22 heavy (non-hydrogen) atoms. The molecule has 2 N–H and O–H groups in total. The van der Waals surface area contributed by atoms with E-state index in [2.05, 4.69) is 13.0 Å². The van der Waals surface area contributed by atoms with E-state index in [-0.39, 0.29) is 18.9 Å². The number of aliphatic hydroxyl groups is 1. The van der Waals surface area contributed by atoms with Gasteiger partial charge in [0.25, 0.3) is 0 Å². The third-order valence-electron chi connectivity index (χ3n) is 4.08. The molecular formula is C19H36O3. The lowest BCUT2D eigenvalue weighted by atomic mass is 9.99. The van der Waals surface area contributed by atoms with Crippen molar-refractivity contribution in [1.29, 1.82) is 0 Å². The van der Waals surface area contributed by atoms with E-state index >= 15 is 0 Å². The Labute approximate surface area is 136 Å². The molecule has 3 nitrogen and oxygen atoms in total. The lowest BCUT2D eigenvalue weighted by Crippen LogP contribution is -2.02. The van der Waals surface area contributed by atoms with Crippen LogP contribution in [0.4, 0.5) is 0 Å². The molecule has 0 bridgehead atoms. The Morgan fingerprint density at radius 3 is 2.09 bits per heavy atom. The van der Waals surface area contributed by atoms with Crippen molar-refractivity contribution in [2.24, 2.45) is 5.92 Å². The number of unbranched alkanes of at least 4 members (excludes halogenated alkanes) is 9. The number of hydrogen-bond donors (Lipinski definition) is 2. The predicted molar refractivity (Wildman–Crippen MR) is 93.0 cm³/mol. The zero-order chi connectivity index (χ0) is 16.5. The Morgan fingerprint density at radius 2 is 1.55 bits per heavy atom. The summed E-state index contributed by atoms with van der Waals surface area (Å²) in [6.07, 6.45) is 18.8. The van der Waals surface area contributed by atoms with E-state index in [0.29, 0.717) is 6.42 Å². The number of allylic oxidation sites excluding steroid dienone is 1. The highest BCUT2D eigenvalue weighted by atomic mass is 16.4. The van der Waals surface area contributed by atoms with Crippen molar-refractivity contribution in [3.8, 4) is 0 Å². The van der Waals surface area contributed by atoms with Gasteiger partial charge in [0, 0.05) is 13.0 Å². The zero-order valence-electron chi connectivity index (χ0n) is 14.4. The van der Waals surface area contributed by atoms with Crippen LogP contribution < -0.4 is 0 Å². The molecule has 0 saturated heterocycles. The van der Waals surface area contributed by atoms with Crippen LogP contribution in [0.5, 0.6) is 0 Å². The Kier molecular flexibility index (Phi) is 15.9. The molecule has 1 unspecified atom stereocenters. The smallest absolute Gasteiger partial charge is 0.303 e. The summed E-state index contributed by atoms with van der Waals surface area (Å²) in [4.78, 5) is 10.4. The predicted octanol–water partition coefficient (Wildman–Crippen LogP) is 5.33. The quantitative estimate of drug-likeness (QED) is 0.299. The maximum Gasteiger partial charge on any atom is 0.303 e. The van der Waals surface area contributed by atoms with Gasteiger partial charge in [-0.25, -0.2) is 0 Å². The van der Waals surface area contributed by atoms with E-state index in [9.17, 15) is 9.90 Å². The van der Waals surface area contributed by atoms with Crippen LogP contribution in [-0.2, 0) is 4.79 Å². The molecule has 0 spiro atoms. The lowest BCUT2D eigenvalue weighted by molar-refractivity contribution is -0.137. The largest absolute Gasteiger partial charge is 0.481 e. The molecule has 0 aliphatic rings. The van der Waals surface area contributed by atoms with Crippen molar-refractivity contribution in [2.45, 2.75) is 90.4 Å². The number of hydrogen-bond acceptors (Lipinski definition) is 2. The molecule has 0 aromatic carbocycles. The van der Waals surface area contributed by atoms with Crippen molar-refractivity contribution >= 4 is 5.97 Å². The van der Waals surface area contributed by atoms with E-state index in [0.717, 1.165) is 12.8 Å². The van der Waals surface area contributed by atoms with Gasteiger partial charge >= 0.3 is 5.97 Å². The number of carbonyl (C=O) groups is 1. The second kappa shape index (κ2) is 16.5. The van der Waals surface area contributed by atoms with Crippen LogP contribution in [-0.4, -0.2) is 22.8 Å². The van der Waals surface area contributed by atoms with Crippen LogP contribution in [0.15, 0.2) is 12.2 Å². The summed E-state index contributed by atoms with van der Waals surface area (Å²) in [5, 5.41) is 17.9. The Bertz CT molecular complexity index is 274. The molecule has 0 aliphatic carbocycles. The molecule has 3 heteroatoms. The summed E-state index contributed by atoms with van der Waals surface area (Å²) in [5.41, 5.74) is 0. The first kappa shape index (κ1) is 21.2. The highest BCUT2D eigenvalue weighted by molar-refractivity contribution is 5.66. The van der Waals surface area contributed by atoms with Gasteiger partial charge in [-0.15, -0.1) is 0 Å². The van der Waals surface area contributed by atoms with E-state index in [1.807, 2.05) is 6.08 Å². The number of aliphatic hydroxyl groups excluding tert-OH is 1. The van der Waals surface area contributed by atoms with Crippen molar-refractivity contribution in [3.05, 3.63) is 12.2 Å². The first-order chi connectivity index (χ1) is 10.7. The highest BCUT2D eigenvalue weighted by Gasteiger charge is 2.03. The van der Waals surface area contributed by atoms with Crippen molar-refractivity contribution in [3.63, 3.8) is 0 Å². The molecule has 0 fully saturated rings. The number of rotatable bonds is 16. The van der Waals surface area contributed by atoms with Gasteiger partial charge in [0.05, 0.1) is 0 Å². The Morgan fingerprint density at radius 1 is 0.955 bits per heavy atom. The number of aliphatic carboxylic acids is 1. The summed E-state index contributed by atoms with van der Waals surface area (Å²) in [6.45, 7) is 2.45. The minimum absolute atomic E-state index is 0.201. The van der Waals surface area contributed by atoms with Crippen LogP contribution in [0, 0.1) is 5.92 Å². The average Bonchev–Trinajstić information content (AvgIpc) is 2.50. The van der Waals surface area contributed by atoms with Crippen molar-refractivity contribution in [1.82, 2.24) is 0 Å². The molecule has 0 aromatic heterocycles. The van der Waals surface area contributed by atoms with Gasteiger partial charge in [-0.2, -0.15) is 0 Å². The Hall–Kier alpha value is -0.830. The number of carboxylic acid groups (broad SMARTS) is 1. The standard InChI is InChI=1S/C19H36O3/c1-2-3-4-5-6-7-8-9-11-14-18(17-20)15-12-10-13-16-19(21)22/h12,15,18,20H,2-11,13-14,16-17H2,1H3,(H,21,22)/b15-12+. The van der Waals surface area contributed by atoms with Crippen LogP contribution in [0.1, 0.15) is 90.4 Å². The Balaban J connectivity index is 3.45. The molecule has 0 aromatic rings. The maximum atomic E-state index is 10.4. The van der Waals surface area contributed by atoms with E-state index in [1.54, 1.807) is 0 Å². The van der Waals surface area contributed by atoms with Gasteiger partial charge < -0.3 is 10.2 Å². The molecule has 0 rings (SSSR count). The van der Waals surface area contributed by atoms with Gasteiger partial charge in [-0.05, 0) is 25.2 Å². The fourth-order valence-corrected chi connectivity index (χ4v) is 2.63. The van der Waals surface area contributed by atoms with E-state index in [4.69, 9.17) is 5.11 Å². The van der Waals surface area contributed by atoms with Gasteiger partial charge in [-0.3, -0.25) is 4.79 Å². The lowest BCUT2D eigenvalue weighted by Gasteiger charge is -2.09. The molecule has 0 amide bonds. The monoisotopic (exact) mass is 312 g/mol. The first-order valence-electron chi connectivity index (χ1n) is 9.20. The van der Waals surface area contributed by atoms with Crippen LogP contribution in [0.25, 0.3) is 0 Å². The molecule has 130 valence electrons. The molecular weight excluding hydrogens is 276 g/mol. The summed E-state index contributed by atoms with van der Waals surface area (Å²) in [5.74, 6) is -0.490. The van der Waals surface area contributed by atoms with Crippen molar-refractivity contribution < 1.29 is 15.0 Å². The summed E-state index contributed by atoms with van der Waals surface area (Å²) < 4.78 is 0.